The van der Waals surface area contributed by atoms with E-state index in [2.05, 4.69) is 54.6 Å². The predicted octanol–water partition coefficient (Wildman–Crippen LogP) is 3.09. The molecule has 2 aromatic rings. The minimum atomic E-state index is 0.310. The van der Waals surface area contributed by atoms with Crippen LogP contribution in [0, 0.1) is 0 Å². The quantitative estimate of drug-likeness (QED) is 0.915. The monoisotopic (exact) mass is 284 g/mol. The lowest BCUT2D eigenvalue weighted by Gasteiger charge is -2.12. The molecule has 1 aliphatic heterocycles. The molecule has 0 atom stereocenters. The third-order valence-corrected chi connectivity index (χ3v) is 3.39. The summed E-state index contributed by atoms with van der Waals surface area (Å²) in [5.41, 5.74) is 3.52. The second-order valence-corrected chi connectivity index (χ2v) is 5.44. The van der Waals surface area contributed by atoms with Crippen LogP contribution in [0.5, 0.6) is 11.5 Å². The fourth-order valence-electron chi connectivity index (χ4n) is 2.47. The Bertz CT molecular complexity index is 626. The molecule has 0 aromatic heterocycles. The van der Waals surface area contributed by atoms with Crippen LogP contribution in [-0.4, -0.2) is 25.8 Å². The van der Waals surface area contributed by atoms with Crippen molar-refractivity contribution in [3.63, 3.8) is 0 Å². The number of hydrogen-bond donors (Lipinski definition) is 1. The summed E-state index contributed by atoms with van der Waals surface area (Å²) in [6, 6.07) is 14.5. The number of hydrogen-bond acceptors (Lipinski definition) is 4. The highest BCUT2D eigenvalue weighted by Gasteiger charge is 2.16. The number of ether oxygens (including phenoxy) is 2. The average molecular weight is 284 g/mol. The normalized spacial score (nSPS) is 12.7. The molecule has 0 amide bonds. The van der Waals surface area contributed by atoms with Crippen LogP contribution in [0.15, 0.2) is 42.5 Å². The Morgan fingerprint density at radius 1 is 1.10 bits per heavy atom. The summed E-state index contributed by atoms with van der Waals surface area (Å²) in [6.07, 6.45) is 0. The Labute approximate surface area is 125 Å². The topological polar surface area (TPSA) is 33.7 Å². The molecule has 3 rings (SSSR count). The van der Waals surface area contributed by atoms with E-state index in [-0.39, 0.29) is 0 Å². The van der Waals surface area contributed by atoms with Crippen LogP contribution in [0.25, 0.3) is 0 Å². The van der Waals surface area contributed by atoms with Gasteiger partial charge in [0, 0.05) is 24.3 Å². The molecule has 0 radical (unpaired) electrons. The average Bonchev–Trinajstić information content (AvgIpc) is 2.93. The standard InChI is InChI=1S/C17H20N2O2/c1-19(2)11-13-5-3-7-15(9-13)18-10-14-6-4-8-16-17(14)21-12-20-16/h3-9,18H,10-12H2,1-2H3. The number of nitrogens with one attached hydrogen (secondary N) is 1. The highest BCUT2D eigenvalue weighted by molar-refractivity contribution is 5.51. The van der Waals surface area contributed by atoms with Gasteiger partial charge in [-0.2, -0.15) is 0 Å². The maximum absolute atomic E-state index is 5.53. The van der Waals surface area contributed by atoms with Crippen LogP contribution in [-0.2, 0) is 13.1 Å². The van der Waals surface area contributed by atoms with Gasteiger partial charge >= 0.3 is 0 Å². The van der Waals surface area contributed by atoms with Gasteiger partial charge in [0.15, 0.2) is 11.5 Å². The van der Waals surface area contributed by atoms with Gasteiger partial charge in [0.05, 0.1) is 0 Å². The maximum atomic E-state index is 5.53. The van der Waals surface area contributed by atoms with Crippen molar-refractivity contribution in [1.82, 2.24) is 4.90 Å². The molecule has 0 fully saturated rings. The van der Waals surface area contributed by atoms with Crippen molar-refractivity contribution in [1.29, 1.82) is 0 Å². The van der Waals surface area contributed by atoms with Gasteiger partial charge < -0.3 is 19.7 Å². The van der Waals surface area contributed by atoms with Gasteiger partial charge in [-0.3, -0.25) is 0 Å². The molecular weight excluding hydrogens is 264 g/mol. The molecular formula is C17H20N2O2. The largest absolute Gasteiger partial charge is 0.454 e. The first-order valence-electron chi connectivity index (χ1n) is 7.07. The molecule has 0 bridgehead atoms. The minimum Gasteiger partial charge on any atom is -0.454 e. The molecule has 1 heterocycles. The third-order valence-electron chi connectivity index (χ3n) is 3.39. The Kier molecular flexibility index (Phi) is 3.97. The van der Waals surface area contributed by atoms with Crippen molar-refractivity contribution in [2.75, 3.05) is 26.2 Å². The molecule has 0 unspecified atom stereocenters. The van der Waals surface area contributed by atoms with Gasteiger partial charge in [0.2, 0.25) is 6.79 Å². The van der Waals surface area contributed by atoms with Crippen molar-refractivity contribution in [3.8, 4) is 11.5 Å². The first-order chi connectivity index (χ1) is 10.2. The number of nitrogens with zero attached hydrogens (tertiary/aromatic N) is 1. The second-order valence-electron chi connectivity index (χ2n) is 5.44. The van der Waals surface area contributed by atoms with E-state index in [1.54, 1.807) is 0 Å². The zero-order chi connectivity index (χ0) is 14.7. The van der Waals surface area contributed by atoms with Gasteiger partial charge in [-0.25, -0.2) is 0 Å². The van der Waals surface area contributed by atoms with Gasteiger partial charge in [-0.15, -0.1) is 0 Å². The van der Waals surface area contributed by atoms with E-state index in [4.69, 9.17) is 9.47 Å². The molecule has 1 aliphatic rings. The van der Waals surface area contributed by atoms with Gasteiger partial charge in [-0.1, -0.05) is 24.3 Å². The van der Waals surface area contributed by atoms with Crippen molar-refractivity contribution in [2.24, 2.45) is 0 Å². The lowest BCUT2D eigenvalue weighted by molar-refractivity contribution is 0.173. The summed E-state index contributed by atoms with van der Waals surface area (Å²) in [7, 11) is 4.15. The highest BCUT2D eigenvalue weighted by atomic mass is 16.7. The van der Waals surface area contributed by atoms with E-state index >= 15 is 0 Å². The number of rotatable bonds is 5. The van der Waals surface area contributed by atoms with Crippen molar-refractivity contribution < 1.29 is 9.47 Å². The molecule has 0 saturated carbocycles. The number of benzene rings is 2. The van der Waals surface area contributed by atoms with E-state index < -0.39 is 0 Å². The van der Waals surface area contributed by atoms with E-state index in [1.807, 2.05) is 12.1 Å². The molecule has 0 aliphatic carbocycles. The SMILES string of the molecule is CN(C)Cc1cccc(NCc2cccc3c2OCO3)c1. The second kappa shape index (κ2) is 6.06. The van der Waals surface area contributed by atoms with Gasteiger partial charge in [0.25, 0.3) is 0 Å². The smallest absolute Gasteiger partial charge is 0.231 e. The van der Waals surface area contributed by atoms with E-state index in [9.17, 15) is 0 Å². The number of para-hydroxylation sites is 1. The molecule has 0 spiro atoms. The van der Waals surface area contributed by atoms with E-state index in [0.29, 0.717) is 6.79 Å². The lowest BCUT2D eigenvalue weighted by atomic mass is 10.1. The zero-order valence-electron chi connectivity index (χ0n) is 12.4. The molecule has 4 nitrogen and oxygen atoms in total. The van der Waals surface area contributed by atoms with E-state index in [1.165, 1.54) is 5.56 Å². The molecule has 2 aromatic carbocycles. The van der Waals surface area contributed by atoms with E-state index in [0.717, 1.165) is 35.8 Å². The fourth-order valence-corrected chi connectivity index (χ4v) is 2.47. The first-order valence-corrected chi connectivity index (χ1v) is 7.07. The van der Waals surface area contributed by atoms with Crippen LogP contribution >= 0.6 is 0 Å². The predicted molar refractivity (Wildman–Crippen MR) is 83.7 cm³/mol. The summed E-state index contributed by atoms with van der Waals surface area (Å²) < 4.78 is 10.9. The Morgan fingerprint density at radius 3 is 2.81 bits per heavy atom. The Balaban J connectivity index is 1.69. The molecule has 0 saturated heterocycles. The van der Waals surface area contributed by atoms with Crippen LogP contribution in [0.2, 0.25) is 0 Å². The van der Waals surface area contributed by atoms with Crippen LogP contribution in [0.1, 0.15) is 11.1 Å². The number of anilines is 1. The van der Waals surface area contributed by atoms with Crippen molar-refractivity contribution in [2.45, 2.75) is 13.1 Å². The van der Waals surface area contributed by atoms with Crippen molar-refractivity contribution >= 4 is 5.69 Å². The summed E-state index contributed by atoms with van der Waals surface area (Å²) in [5.74, 6) is 1.69. The summed E-state index contributed by atoms with van der Waals surface area (Å²) in [4.78, 5) is 2.16. The first kappa shape index (κ1) is 13.8. The summed E-state index contributed by atoms with van der Waals surface area (Å²) >= 11 is 0. The molecule has 21 heavy (non-hydrogen) atoms. The lowest BCUT2D eigenvalue weighted by Crippen LogP contribution is -2.10. The van der Waals surface area contributed by atoms with Gasteiger partial charge in [-0.05, 0) is 37.9 Å². The zero-order valence-corrected chi connectivity index (χ0v) is 12.4. The Hall–Kier alpha value is -2.20. The summed E-state index contributed by atoms with van der Waals surface area (Å²) in [6.45, 7) is 1.97. The third kappa shape index (κ3) is 3.28. The summed E-state index contributed by atoms with van der Waals surface area (Å²) in [5, 5.41) is 3.45. The van der Waals surface area contributed by atoms with Crippen LogP contribution in [0.3, 0.4) is 0 Å². The maximum Gasteiger partial charge on any atom is 0.231 e. The van der Waals surface area contributed by atoms with Crippen LogP contribution < -0.4 is 14.8 Å². The minimum absolute atomic E-state index is 0.310. The number of fused-ring (bicyclic) bond motifs is 1. The molecule has 110 valence electrons. The van der Waals surface area contributed by atoms with Gasteiger partial charge in [0.1, 0.15) is 0 Å². The van der Waals surface area contributed by atoms with Crippen molar-refractivity contribution in [3.05, 3.63) is 53.6 Å². The molecule has 1 N–H and O–H groups in total. The fraction of sp³-hybridized carbons (Fsp3) is 0.294. The molecule has 4 heteroatoms. The van der Waals surface area contributed by atoms with Crippen LogP contribution in [0.4, 0.5) is 5.69 Å². The Morgan fingerprint density at radius 2 is 1.95 bits per heavy atom. The highest BCUT2D eigenvalue weighted by Crippen LogP contribution is 2.35.